The molecule has 2 fully saturated rings. The predicted molar refractivity (Wildman–Crippen MR) is 85.8 cm³/mol. The fourth-order valence-corrected chi connectivity index (χ4v) is 6.39. The zero-order valence-electron chi connectivity index (χ0n) is 14.1. The first kappa shape index (κ1) is 17.9. The molecule has 0 radical (unpaired) electrons. The lowest BCUT2D eigenvalue weighted by Gasteiger charge is -2.36. The second-order valence-electron chi connectivity index (χ2n) is 7.96. The molecule has 0 amide bonds. The van der Waals surface area contributed by atoms with Gasteiger partial charge in [0.25, 0.3) is 0 Å². The smallest absolute Gasteiger partial charge is 0.212 e. The molecule has 0 heterocycles. The van der Waals surface area contributed by atoms with Crippen molar-refractivity contribution >= 4 is 15.8 Å². The van der Waals surface area contributed by atoms with Crippen molar-refractivity contribution in [2.45, 2.75) is 59.5 Å². The first-order valence-electron chi connectivity index (χ1n) is 8.19. The number of nitrogens with one attached hydrogen (secondary N) is 1. The summed E-state index contributed by atoms with van der Waals surface area (Å²) < 4.78 is 27.6. The molecule has 6 heteroatoms. The number of aliphatic hydroxyl groups excluding tert-OH is 1. The van der Waals surface area contributed by atoms with Crippen molar-refractivity contribution in [3.05, 3.63) is 0 Å². The Morgan fingerprint density at radius 3 is 2.45 bits per heavy atom. The number of fused-ring (bicyclic) bond motifs is 2. The van der Waals surface area contributed by atoms with E-state index in [1.54, 1.807) is 6.92 Å². The van der Waals surface area contributed by atoms with E-state index in [0.29, 0.717) is 31.7 Å². The summed E-state index contributed by atoms with van der Waals surface area (Å²) in [5.41, 5.74) is -0.943. The lowest BCUT2D eigenvalue weighted by Crippen LogP contribution is -2.46. The van der Waals surface area contributed by atoms with Crippen molar-refractivity contribution in [2.75, 3.05) is 12.3 Å². The minimum absolute atomic E-state index is 0.0656. The third kappa shape index (κ3) is 3.10. The molecule has 0 spiro atoms. The first-order valence-corrected chi connectivity index (χ1v) is 9.84. The van der Waals surface area contributed by atoms with Crippen molar-refractivity contribution in [3.63, 3.8) is 0 Å². The minimum atomic E-state index is -3.50. The average molecular weight is 331 g/mol. The third-order valence-corrected chi connectivity index (χ3v) is 7.45. The highest BCUT2D eigenvalue weighted by atomic mass is 32.2. The van der Waals surface area contributed by atoms with E-state index in [0.717, 1.165) is 6.42 Å². The number of rotatable bonds is 7. The van der Waals surface area contributed by atoms with Crippen molar-refractivity contribution in [3.8, 4) is 0 Å². The normalized spacial score (nSPS) is 33.1. The summed E-state index contributed by atoms with van der Waals surface area (Å²) in [6.07, 6.45) is 2.28. The number of carbonyl (C=O) groups excluding carboxylic acids is 1. The summed E-state index contributed by atoms with van der Waals surface area (Å²) in [6.45, 7) is 8.00. The summed E-state index contributed by atoms with van der Waals surface area (Å²) >= 11 is 0. The average Bonchev–Trinajstić information content (AvgIpc) is 2.69. The van der Waals surface area contributed by atoms with Gasteiger partial charge in [-0.1, -0.05) is 20.8 Å². The van der Waals surface area contributed by atoms with Crippen LogP contribution in [0.25, 0.3) is 0 Å². The Labute approximate surface area is 133 Å². The van der Waals surface area contributed by atoms with Gasteiger partial charge in [-0.15, -0.1) is 0 Å². The third-order valence-electron chi connectivity index (χ3n) is 5.97. The minimum Gasteiger partial charge on any atom is -0.393 e. The highest BCUT2D eigenvalue weighted by Crippen LogP contribution is 2.64. The Hall–Kier alpha value is -0.460. The first-order chi connectivity index (χ1) is 10.0. The molecule has 22 heavy (non-hydrogen) atoms. The van der Waals surface area contributed by atoms with Gasteiger partial charge in [0.2, 0.25) is 10.0 Å². The molecule has 2 rings (SSSR count). The van der Waals surface area contributed by atoms with E-state index in [9.17, 15) is 18.3 Å². The topological polar surface area (TPSA) is 83.5 Å². The summed E-state index contributed by atoms with van der Waals surface area (Å²) in [6, 6.07) is 0. The number of ketones is 1. The molecular weight excluding hydrogens is 302 g/mol. The fraction of sp³-hybridized carbons (Fsp3) is 0.938. The van der Waals surface area contributed by atoms with E-state index in [-0.39, 0.29) is 22.9 Å². The van der Waals surface area contributed by atoms with Crippen LogP contribution >= 0.6 is 0 Å². The maximum Gasteiger partial charge on any atom is 0.212 e. The van der Waals surface area contributed by atoms with Crippen molar-refractivity contribution in [2.24, 2.45) is 22.7 Å². The monoisotopic (exact) mass is 331 g/mol. The standard InChI is InChI=1S/C16H29NO4S/c1-11(7-12(2)18)9-17-22(20,21)10-16-6-5-13(8-14(16)19)15(16,3)4/h11-13,17-18H,5-10H2,1-4H3/t11-,12+,13-,16-/m0/s1. The summed E-state index contributed by atoms with van der Waals surface area (Å²) in [5.74, 6) is 0.417. The Morgan fingerprint density at radius 2 is 2.00 bits per heavy atom. The molecule has 0 aromatic heterocycles. The van der Waals surface area contributed by atoms with Crippen LogP contribution in [-0.2, 0) is 14.8 Å². The molecule has 2 aliphatic rings. The maximum absolute atomic E-state index is 12.5. The highest BCUT2D eigenvalue weighted by Gasteiger charge is 2.65. The van der Waals surface area contributed by atoms with Crippen LogP contribution in [0.3, 0.4) is 0 Å². The van der Waals surface area contributed by atoms with Crippen LogP contribution in [0.4, 0.5) is 0 Å². The van der Waals surface area contributed by atoms with Crippen LogP contribution < -0.4 is 4.72 Å². The predicted octanol–water partition coefficient (Wildman–Crippen LogP) is 1.71. The van der Waals surface area contributed by atoms with E-state index in [4.69, 9.17) is 0 Å². The molecule has 0 saturated heterocycles. The highest BCUT2D eigenvalue weighted by molar-refractivity contribution is 7.89. The number of carbonyl (C=O) groups is 1. The number of hydrogen-bond acceptors (Lipinski definition) is 4. The van der Waals surface area contributed by atoms with Crippen LogP contribution in [0.1, 0.15) is 53.4 Å². The quantitative estimate of drug-likeness (QED) is 0.744. The molecule has 0 unspecified atom stereocenters. The van der Waals surface area contributed by atoms with Gasteiger partial charge in [-0.05, 0) is 43.4 Å². The summed E-state index contributed by atoms with van der Waals surface area (Å²) in [5, 5.41) is 9.35. The van der Waals surface area contributed by atoms with Crippen molar-refractivity contribution in [1.82, 2.24) is 4.72 Å². The second kappa shape index (κ2) is 5.87. The SMILES string of the molecule is C[C@H](CNS(=O)(=O)C[C@@]12CC[C@@H](CC1=O)C2(C)C)C[C@@H](C)O. The van der Waals surface area contributed by atoms with E-state index >= 15 is 0 Å². The van der Waals surface area contributed by atoms with E-state index < -0.39 is 21.5 Å². The molecule has 2 N–H and O–H groups in total. The van der Waals surface area contributed by atoms with Gasteiger partial charge in [-0.3, -0.25) is 4.79 Å². The number of Topliss-reactive ketones (excluding diaryl/α,β-unsaturated/α-hetero) is 1. The van der Waals surface area contributed by atoms with Gasteiger partial charge in [0.1, 0.15) is 5.78 Å². The lowest BCUT2D eigenvalue weighted by atomic mass is 9.70. The summed E-state index contributed by atoms with van der Waals surface area (Å²) in [4.78, 5) is 12.4. The van der Waals surface area contributed by atoms with Gasteiger partial charge >= 0.3 is 0 Å². The van der Waals surface area contributed by atoms with E-state index in [1.165, 1.54) is 0 Å². The van der Waals surface area contributed by atoms with Crippen LogP contribution in [0, 0.1) is 22.7 Å². The molecule has 0 aliphatic heterocycles. The summed E-state index contributed by atoms with van der Waals surface area (Å²) in [7, 11) is -3.50. The van der Waals surface area contributed by atoms with Crippen LogP contribution in [0.5, 0.6) is 0 Å². The number of aliphatic hydroxyl groups is 1. The molecule has 0 aromatic rings. The van der Waals surface area contributed by atoms with E-state index in [2.05, 4.69) is 4.72 Å². The van der Waals surface area contributed by atoms with Gasteiger partial charge < -0.3 is 5.11 Å². The molecule has 4 atom stereocenters. The van der Waals surface area contributed by atoms with Gasteiger partial charge in [0, 0.05) is 18.4 Å². The lowest BCUT2D eigenvalue weighted by molar-refractivity contribution is -0.128. The van der Waals surface area contributed by atoms with Crippen molar-refractivity contribution in [1.29, 1.82) is 0 Å². The van der Waals surface area contributed by atoms with Crippen LogP contribution in [-0.4, -0.2) is 37.7 Å². The molecule has 0 aromatic carbocycles. The van der Waals surface area contributed by atoms with Gasteiger partial charge in [0.05, 0.1) is 11.9 Å². The Bertz CT molecular complexity index is 540. The van der Waals surface area contributed by atoms with Crippen LogP contribution in [0.15, 0.2) is 0 Å². The Balaban J connectivity index is 2.04. The molecule has 5 nitrogen and oxygen atoms in total. The molecule has 2 saturated carbocycles. The zero-order chi connectivity index (χ0) is 16.8. The molecule has 128 valence electrons. The van der Waals surface area contributed by atoms with E-state index in [1.807, 2.05) is 20.8 Å². The molecular formula is C16H29NO4S. The maximum atomic E-state index is 12.5. The molecule has 2 bridgehead atoms. The number of hydrogen-bond donors (Lipinski definition) is 2. The number of sulfonamides is 1. The second-order valence-corrected chi connectivity index (χ2v) is 9.77. The Kier molecular flexibility index (Phi) is 4.78. The largest absolute Gasteiger partial charge is 0.393 e. The molecule has 2 aliphatic carbocycles. The van der Waals surface area contributed by atoms with Gasteiger partial charge in [0.15, 0.2) is 0 Å². The van der Waals surface area contributed by atoms with Gasteiger partial charge in [-0.2, -0.15) is 0 Å². The van der Waals surface area contributed by atoms with Gasteiger partial charge in [-0.25, -0.2) is 13.1 Å². The van der Waals surface area contributed by atoms with Crippen LogP contribution in [0.2, 0.25) is 0 Å². The zero-order valence-corrected chi connectivity index (χ0v) is 14.9. The Morgan fingerprint density at radius 1 is 1.36 bits per heavy atom. The fourth-order valence-electron chi connectivity index (χ4n) is 4.42. The van der Waals surface area contributed by atoms with Crippen molar-refractivity contribution < 1.29 is 18.3 Å².